The first-order chi connectivity index (χ1) is 11.0. The third-order valence-corrected chi connectivity index (χ3v) is 4.70. The molecule has 1 aliphatic carbocycles. The molecule has 6 heteroatoms. The fraction of sp³-hybridized carbons (Fsp3) is 0.176. The zero-order valence-electron chi connectivity index (χ0n) is 13.0. The van der Waals surface area contributed by atoms with E-state index in [0.29, 0.717) is 10.6 Å². The standard InChI is InChI=1S/C17H15N3O2S/c1-9-5-4-6-12(10(9)2)20-14-15(21)11-7-18-8-19-13(11)16(22)17(14)23-3/h4-8,20H,1-3H3. The first kappa shape index (κ1) is 15.4. The van der Waals surface area contributed by atoms with Gasteiger partial charge in [-0.1, -0.05) is 12.1 Å². The van der Waals surface area contributed by atoms with Gasteiger partial charge in [0.05, 0.1) is 10.5 Å². The summed E-state index contributed by atoms with van der Waals surface area (Å²) in [5.74, 6) is -0.507. The molecule has 1 aliphatic rings. The molecule has 0 saturated heterocycles. The fourth-order valence-electron chi connectivity index (χ4n) is 2.47. The SMILES string of the molecule is CSC1=C(Nc2cccc(C)c2C)C(=O)c2cncnc2C1=O. The van der Waals surface area contributed by atoms with Gasteiger partial charge in [-0.05, 0) is 37.3 Å². The van der Waals surface area contributed by atoms with Crippen molar-refractivity contribution in [3.63, 3.8) is 0 Å². The number of anilines is 1. The lowest BCUT2D eigenvalue weighted by Gasteiger charge is -2.21. The number of Topliss-reactive ketones (excluding diaryl/α,β-unsaturated/α-hetero) is 2. The third kappa shape index (κ3) is 2.55. The number of nitrogens with one attached hydrogen (secondary N) is 1. The summed E-state index contributed by atoms with van der Waals surface area (Å²) in [6.07, 6.45) is 4.45. The quantitative estimate of drug-likeness (QED) is 0.934. The van der Waals surface area contributed by atoms with E-state index in [0.717, 1.165) is 16.8 Å². The number of carbonyl (C=O) groups is 2. The maximum Gasteiger partial charge on any atom is 0.220 e. The second-order valence-electron chi connectivity index (χ2n) is 5.22. The Hall–Kier alpha value is -2.47. The number of aryl methyl sites for hydroxylation is 1. The molecule has 0 bridgehead atoms. The molecular formula is C17H15N3O2S. The van der Waals surface area contributed by atoms with Crippen LogP contribution in [0.15, 0.2) is 41.3 Å². The van der Waals surface area contributed by atoms with Gasteiger partial charge in [-0.15, -0.1) is 11.8 Å². The molecule has 1 heterocycles. The van der Waals surface area contributed by atoms with Crippen LogP contribution >= 0.6 is 11.8 Å². The van der Waals surface area contributed by atoms with E-state index in [-0.39, 0.29) is 22.8 Å². The van der Waals surface area contributed by atoms with Crippen LogP contribution in [-0.2, 0) is 0 Å². The van der Waals surface area contributed by atoms with Crippen LogP contribution in [0.25, 0.3) is 0 Å². The van der Waals surface area contributed by atoms with Crippen molar-refractivity contribution >= 4 is 29.0 Å². The van der Waals surface area contributed by atoms with Gasteiger partial charge >= 0.3 is 0 Å². The first-order valence-corrected chi connectivity index (χ1v) is 8.28. The highest BCUT2D eigenvalue weighted by molar-refractivity contribution is 8.03. The maximum absolute atomic E-state index is 12.8. The number of carbonyl (C=O) groups excluding carboxylic acids is 2. The Morgan fingerprint density at radius 1 is 1.13 bits per heavy atom. The Balaban J connectivity index is 2.11. The number of nitrogens with zero attached hydrogens (tertiary/aromatic N) is 2. The van der Waals surface area contributed by atoms with Crippen molar-refractivity contribution in [3.05, 3.63) is 63.7 Å². The van der Waals surface area contributed by atoms with Crippen LogP contribution in [0.1, 0.15) is 32.0 Å². The molecule has 116 valence electrons. The summed E-state index contributed by atoms with van der Waals surface area (Å²) < 4.78 is 0. The second-order valence-corrected chi connectivity index (χ2v) is 6.04. The predicted molar refractivity (Wildman–Crippen MR) is 90.8 cm³/mol. The van der Waals surface area contributed by atoms with Crippen LogP contribution < -0.4 is 5.32 Å². The molecule has 0 saturated carbocycles. The molecule has 1 aromatic heterocycles. The van der Waals surface area contributed by atoms with Crippen molar-refractivity contribution in [1.82, 2.24) is 9.97 Å². The molecule has 1 N–H and O–H groups in total. The summed E-state index contributed by atoms with van der Waals surface area (Å²) in [6.45, 7) is 3.98. The largest absolute Gasteiger partial charge is 0.351 e. The highest BCUT2D eigenvalue weighted by Gasteiger charge is 2.33. The zero-order valence-corrected chi connectivity index (χ0v) is 13.8. The number of benzene rings is 1. The van der Waals surface area contributed by atoms with Crippen LogP contribution in [-0.4, -0.2) is 27.8 Å². The summed E-state index contributed by atoms with van der Waals surface area (Å²) in [4.78, 5) is 33.6. The average molecular weight is 325 g/mol. The Labute approximate surface area is 138 Å². The smallest absolute Gasteiger partial charge is 0.220 e. The highest BCUT2D eigenvalue weighted by Crippen LogP contribution is 2.32. The molecular weight excluding hydrogens is 310 g/mol. The number of ketones is 2. The van der Waals surface area contributed by atoms with Gasteiger partial charge in [0, 0.05) is 11.9 Å². The Morgan fingerprint density at radius 2 is 1.91 bits per heavy atom. The van der Waals surface area contributed by atoms with E-state index in [4.69, 9.17) is 0 Å². The summed E-state index contributed by atoms with van der Waals surface area (Å²) in [7, 11) is 0. The van der Waals surface area contributed by atoms with E-state index in [1.165, 1.54) is 24.3 Å². The molecule has 2 aromatic rings. The van der Waals surface area contributed by atoms with E-state index in [2.05, 4.69) is 15.3 Å². The lowest BCUT2D eigenvalue weighted by Crippen LogP contribution is -2.26. The minimum Gasteiger partial charge on any atom is -0.351 e. The first-order valence-electron chi connectivity index (χ1n) is 7.05. The van der Waals surface area contributed by atoms with Crippen molar-refractivity contribution in [2.75, 3.05) is 11.6 Å². The average Bonchev–Trinajstić information content (AvgIpc) is 2.56. The van der Waals surface area contributed by atoms with Crippen LogP contribution in [0.4, 0.5) is 5.69 Å². The van der Waals surface area contributed by atoms with Crippen LogP contribution in [0, 0.1) is 13.8 Å². The van der Waals surface area contributed by atoms with E-state index in [9.17, 15) is 9.59 Å². The molecule has 23 heavy (non-hydrogen) atoms. The number of hydrogen-bond donors (Lipinski definition) is 1. The monoisotopic (exact) mass is 325 g/mol. The molecule has 3 rings (SSSR count). The van der Waals surface area contributed by atoms with Gasteiger partial charge in [-0.2, -0.15) is 0 Å². The predicted octanol–water partition coefficient (Wildman–Crippen LogP) is 3.16. The molecule has 0 aliphatic heterocycles. The summed E-state index contributed by atoms with van der Waals surface area (Å²) in [5, 5.41) is 3.14. The second kappa shape index (κ2) is 5.96. The fourth-order valence-corrected chi connectivity index (χ4v) is 3.09. The van der Waals surface area contributed by atoms with Crippen molar-refractivity contribution in [2.24, 2.45) is 0 Å². The van der Waals surface area contributed by atoms with E-state index >= 15 is 0 Å². The molecule has 0 spiro atoms. The van der Waals surface area contributed by atoms with Crippen molar-refractivity contribution in [2.45, 2.75) is 13.8 Å². The lowest BCUT2D eigenvalue weighted by molar-refractivity contribution is 0.0978. The summed E-state index contributed by atoms with van der Waals surface area (Å²) >= 11 is 1.24. The van der Waals surface area contributed by atoms with Gasteiger partial charge in [0.2, 0.25) is 11.6 Å². The highest BCUT2D eigenvalue weighted by atomic mass is 32.2. The molecule has 0 unspecified atom stereocenters. The number of allylic oxidation sites excluding steroid dienone is 2. The van der Waals surface area contributed by atoms with Crippen LogP contribution in [0.2, 0.25) is 0 Å². The van der Waals surface area contributed by atoms with Gasteiger partial charge in [0.15, 0.2) is 0 Å². The minimum atomic E-state index is -0.259. The summed E-state index contributed by atoms with van der Waals surface area (Å²) in [5.41, 5.74) is 3.66. The van der Waals surface area contributed by atoms with Gasteiger partial charge in [0.25, 0.3) is 0 Å². The molecule has 0 amide bonds. The molecule has 0 fully saturated rings. The van der Waals surface area contributed by atoms with Crippen LogP contribution in [0.3, 0.4) is 0 Å². The zero-order chi connectivity index (χ0) is 16.6. The number of aromatic nitrogens is 2. The number of hydrogen-bond acceptors (Lipinski definition) is 6. The minimum absolute atomic E-state index is 0.167. The molecule has 0 radical (unpaired) electrons. The third-order valence-electron chi connectivity index (χ3n) is 3.90. The Morgan fingerprint density at radius 3 is 2.65 bits per heavy atom. The molecule has 5 nitrogen and oxygen atoms in total. The molecule has 1 aromatic carbocycles. The van der Waals surface area contributed by atoms with Crippen molar-refractivity contribution in [1.29, 1.82) is 0 Å². The molecule has 0 atom stereocenters. The maximum atomic E-state index is 12.8. The van der Waals surface area contributed by atoms with Gasteiger partial charge in [0.1, 0.15) is 17.7 Å². The van der Waals surface area contributed by atoms with Crippen molar-refractivity contribution in [3.8, 4) is 0 Å². The van der Waals surface area contributed by atoms with Gasteiger partial charge in [-0.25, -0.2) is 9.97 Å². The lowest BCUT2D eigenvalue weighted by atomic mass is 9.97. The van der Waals surface area contributed by atoms with Gasteiger partial charge in [-0.3, -0.25) is 9.59 Å². The van der Waals surface area contributed by atoms with E-state index < -0.39 is 0 Å². The summed E-state index contributed by atoms with van der Waals surface area (Å²) in [6, 6.07) is 5.81. The Kier molecular flexibility index (Phi) is 4.00. The van der Waals surface area contributed by atoms with E-state index in [1.54, 1.807) is 6.26 Å². The normalized spacial score (nSPS) is 14.0. The Bertz CT molecular complexity index is 859. The van der Waals surface area contributed by atoms with Gasteiger partial charge < -0.3 is 5.32 Å². The topological polar surface area (TPSA) is 72.0 Å². The van der Waals surface area contributed by atoms with E-state index in [1.807, 2.05) is 32.0 Å². The number of rotatable bonds is 3. The van der Waals surface area contributed by atoms with Crippen LogP contribution in [0.5, 0.6) is 0 Å². The number of fused-ring (bicyclic) bond motifs is 1. The number of thioether (sulfide) groups is 1. The van der Waals surface area contributed by atoms with Crippen molar-refractivity contribution < 1.29 is 9.59 Å².